The number of aromatic nitrogens is 2. The molecule has 0 aliphatic rings. The van der Waals surface area contributed by atoms with Crippen LogP contribution in [0.2, 0.25) is 0 Å². The van der Waals surface area contributed by atoms with Crippen molar-refractivity contribution in [1.29, 1.82) is 0 Å². The molecule has 4 heterocycles. The van der Waals surface area contributed by atoms with Gasteiger partial charge in [-0.1, -0.05) is 78.9 Å². The lowest BCUT2D eigenvalue weighted by Crippen LogP contribution is -1.84. The molecule has 0 radical (unpaired) electrons. The molecule has 0 N–H and O–H groups in total. The summed E-state index contributed by atoms with van der Waals surface area (Å²) >= 11 is 0. The molecule has 0 fully saturated rings. The topological polar surface area (TPSA) is 8.82 Å². The second kappa shape index (κ2) is 6.44. The van der Waals surface area contributed by atoms with Gasteiger partial charge in [0.1, 0.15) is 0 Å². The number of fused-ring (bicyclic) bond motifs is 14. The third kappa shape index (κ3) is 2.11. The highest BCUT2D eigenvalue weighted by Gasteiger charge is 2.22. The normalized spacial score (nSPS) is 13.0. The maximum atomic E-state index is 2.52. The van der Waals surface area contributed by atoms with Gasteiger partial charge in [0, 0.05) is 43.1 Å². The fraction of sp³-hybridized carbons (Fsp3) is 0. The molecule has 0 saturated carbocycles. The minimum atomic E-state index is 1.28. The Balaban J connectivity index is 1.38. The zero-order valence-electron chi connectivity index (χ0n) is 21.4. The van der Waals surface area contributed by atoms with Crippen molar-refractivity contribution >= 4 is 97.7 Å². The van der Waals surface area contributed by atoms with Crippen molar-refractivity contribution in [2.75, 3.05) is 0 Å². The Kier molecular flexibility index (Phi) is 3.17. The van der Waals surface area contributed by atoms with Crippen molar-refractivity contribution < 1.29 is 0 Å². The van der Waals surface area contributed by atoms with Gasteiger partial charge in [0.2, 0.25) is 0 Å². The van der Waals surface area contributed by atoms with E-state index in [1.54, 1.807) is 0 Å². The van der Waals surface area contributed by atoms with E-state index < -0.39 is 0 Å². The molecule has 0 aliphatic heterocycles. The summed E-state index contributed by atoms with van der Waals surface area (Å²) < 4.78 is 5.01. The largest absolute Gasteiger partial charge is 0.308 e. The van der Waals surface area contributed by atoms with Crippen molar-refractivity contribution in [2.24, 2.45) is 0 Å². The van der Waals surface area contributed by atoms with Gasteiger partial charge in [-0.3, -0.25) is 0 Å². The fourth-order valence-corrected chi connectivity index (χ4v) is 7.84. The standard InChI is InChI=1S/C38H20N2/c1-2-8-22-16-24-18-34-30(17-23(24)15-21(22)7-1)27-11-6-13-29-32-19-31-28-12-5-10-26-25-9-3-4-14-33(25)39(37(26)28)35(31)20-36(32)40(34)38(27)29/h1-20H. The molecule has 40 heavy (non-hydrogen) atoms. The van der Waals surface area contributed by atoms with E-state index in [0.29, 0.717) is 0 Å². The predicted molar refractivity (Wildman–Crippen MR) is 171 cm³/mol. The van der Waals surface area contributed by atoms with Crippen molar-refractivity contribution in [2.45, 2.75) is 0 Å². The molecule has 0 spiro atoms. The van der Waals surface area contributed by atoms with Crippen LogP contribution >= 0.6 is 0 Å². The van der Waals surface area contributed by atoms with Gasteiger partial charge in [0.05, 0.1) is 33.1 Å². The SMILES string of the molecule is c1ccc2cc3cc4c(cc3cc2c1)c1cccc2c3cc5c6cccc7c8ccccc8n(c5cc3n4c12)c76. The number of hydrogen-bond acceptors (Lipinski definition) is 0. The number of para-hydroxylation sites is 3. The van der Waals surface area contributed by atoms with Gasteiger partial charge in [-0.15, -0.1) is 0 Å². The van der Waals surface area contributed by atoms with Crippen LogP contribution in [0.1, 0.15) is 0 Å². The Bertz CT molecular complexity index is 2860. The molecule has 0 amide bonds. The molecule has 0 saturated heterocycles. The van der Waals surface area contributed by atoms with E-state index in [0.717, 1.165) is 0 Å². The van der Waals surface area contributed by atoms with Gasteiger partial charge in [-0.2, -0.15) is 0 Å². The van der Waals surface area contributed by atoms with Crippen molar-refractivity contribution in [3.05, 3.63) is 121 Å². The highest BCUT2D eigenvalue weighted by Crippen LogP contribution is 2.45. The molecular formula is C38H20N2. The summed E-state index contributed by atoms with van der Waals surface area (Å²) in [5.74, 6) is 0. The first-order valence-electron chi connectivity index (χ1n) is 13.9. The van der Waals surface area contributed by atoms with Crippen LogP contribution in [0, 0.1) is 0 Å². The van der Waals surface area contributed by atoms with Gasteiger partial charge in [-0.25, -0.2) is 0 Å². The Morgan fingerprint density at radius 3 is 1.43 bits per heavy atom. The Hall–Kier alpha value is -5.34. The highest BCUT2D eigenvalue weighted by molar-refractivity contribution is 6.29. The monoisotopic (exact) mass is 504 g/mol. The van der Waals surface area contributed by atoms with E-state index in [2.05, 4.69) is 130 Å². The first-order chi connectivity index (χ1) is 19.8. The highest BCUT2D eigenvalue weighted by atomic mass is 14.9. The zero-order valence-corrected chi connectivity index (χ0v) is 21.4. The second-order valence-electron chi connectivity index (χ2n) is 11.4. The Morgan fingerprint density at radius 1 is 0.275 bits per heavy atom. The molecule has 2 nitrogen and oxygen atoms in total. The lowest BCUT2D eigenvalue weighted by molar-refractivity contribution is 1.35. The van der Waals surface area contributed by atoms with Gasteiger partial charge in [0.15, 0.2) is 0 Å². The predicted octanol–water partition coefficient (Wildman–Crippen LogP) is 10.3. The lowest BCUT2D eigenvalue weighted by Gasteiger charge is -2.05. The van der Waals surface area contributed by atoms with Gasteiger partial charge < -0.3 is 8.80 Å². The molecule has 4 aromatic heterocycles. The smallest absolute Gasteiger partial charge is 0.0620 e. The first-order valence-corrected chi connectivity index (χ1v) is 13.9. The van der Waals surface area contributed by atoms with Crippen LogP contribution in [0.4, 0.5) is 0 Å². The maximum Gasteiger partial charge on any atom is 0.0620 e. The number of hydrogen-bond donors (Lipinski definition) is 0. The van der Waals surface area contributed by atoms with Gasteiger partial charge >= 0.3 is 0 Å². The van der Waals surface area contributed by atoms with Crippen LogP contribution in [0.15, 0.2) is 121 Å². The van der Waals surface area contributed by atoms with Crippen LogP contribution in [-0.4, -0.2) is 8.80 Å². The second-order valence-corrected chi connectivity index (χ2v) is 11.4. The summed E-state index contributed by atoms with van der Waals surface area (Å²) in [6.07, 6.45) is 0. The summed E-state index contributed by atoms with van der Waals surface area (Å²) in [5, 5.41) is 15.8. The minimum absolute atomic E-state index is 1.28. The third-order valence-electron chi connectivity index (χ3n) is 9.48. The van der Waals surface area contributed by atoms with Crippen LogP contribution in [0.5, 0.6) is 0 Å². The summed E-state index contributed by atoms with van der Waals surface area (Å²) in [5.41, 5.74) is 7.77. The average Bonchev–Trinajstić information content (AvgIpc) is 3.71. The van der Waals surface area contributed by atoms with E-state index >= 15 is 0 Å². The Labute approximate surface area is 227 Å². The molecule has 0 aliphatic carbocycles. The molecule has 7 aromatic carbocycles. The lowest BCUT2D eigenvalue weighted by atomic mass is 10.0. The summed E-state index contributed by atoms with van der Waals surface area (Å²) in [7, 11) is 0. The van der Waals surface area contributed by atoms with Crippen LogP contribution in [0.25, 0.3) is 97.7 Å². The number of rotatable bonds is 0. The van der Waals surface area contributed by atoms with E-state index in [1.807, 2.05) is 0 Å². The molecule has 0 atom stereocenters. The molecule has 2 heteroatoms. The summed E-state index contributed by atoms with van der Waals surface area (Å²) in [6, 6.07) is 45.5. The van der Waals surface area contributed by atoms with Crippen molar-refractivity contribution in [3.8, 4) is 0 Å². The van der Waals surface area contributed by atoms with Crippen LogP contribution in [-0.2, 0) is 0 Å². The van der Waals surface area contributed by atoms with E-state index in [9.17, 15) is 0 Å². The van der Waals surface area contributed by atoms with Crippen molar-refractivity contribution in [1.82, 2.24) is 8.80 Å². The number of benzene rings is 7. The van der Waals surface area contributed by atoms with Crippen LogP contribution < -0.4 is 0 Å². The van der Waals surface area contributed by atoms with Gasteiger partial charge in [0.25, 0.3) is 0 Å². The molecule has 11 rings (SSSR count). The van der Waals surface area contributed by atoms with Crippen LogP contribution in [0.3, 0.4) is 0 Å². The molecule has 182 valence electrons. The molecule has 0 unspecified atom stereocenters. The summed E-state index contributed by atoms with van der Waals surface area (Å²) in [6.45, 7) is 0. The first kappa shape index (κ1) is 19.7. The van der Waals surface area contributed by atoms with E-state index in [4.69, 9.17) is 0 Å². The zero-order chi connectivity index (χ0) is 25.7. The molecule has 11 aromatic rings. The summed E-state index contributed by atoms with van der Waals surface area (Å²) in [4.78, 5) is 0. The Morgan fingerprint density at radius 2 is 0.750 bits per heavy atom. The fourth-order valence-electron chi connectivity index (χ4n) is 7.84. The number of nitrogens with zero attached hydrogens (tertiary/aromatic N) is 2. The van der Waals surface area contributed by atoms with Gasteiger partial charge in [-0.05, 0) is 64.0 Å². The molecule has 0 bridgehead atoms. The molecular weight excluding hydrogens is 484 g/mol. The average molecular weight is 505 g/mol. The third-order valence-corrected chi connectivity index (χ3v) is 9.48. The quantitative estimate of drug-likeness (QED) is 0.182. The van der Waals surface area contributed by atoms with E-state index in [-0.39, 0.29) is 0 Å². The van der Waals surface area contributed by atoms with E-state index in [1.165, 1.54) is 97.7 Å². The van der Waals surface area contributed by atoms with Crippen molar-refractivity contribution in [3.63, 3.8) is 0 Å². The maximum absolute atomic E-state index is 2.52. The minimum Gasteiger partial charge on any atom is -0.308 e.